The lowest BCUT2D eigenvalue weighted by atomic mass is 10.0. The van der Waals surface area contributed by atoms with Crippen molar-refractivity contribution in [2.45, 2.75) is 0 Å². The Morgan fingerprint density at radius 2 is 1.88 bits per heavy atom. The van der Waals surface area contributed by atoms with Crippen LogP contribution in [0.3, 0.4) is 0 Å². The number of fused-ring (bicyclic) bond motifs is 1. The number of hydrogen-bond donors (Lipinski definition) is 0. The van der Waals surface area contributed by atoms with Gasteiger partial charge in [-0.3, -0.25) is 14.9 Å². The molecule has 0 saturated heterocycles. The van der Waals surface area contributed by atoms with Gasteiger partial charge in [-0.2, -0.15) is 5.26 Å². The van der Waals surface area contributed by atoms with E-state index in [-0.39, 0.29) is 22.3 Å². The largest absolute Gasteiger partial charge is 0.463 e. The van der Waals surface area contributed by atoms with E-state index < -0.39 is 4.92 Å². The van der Waals surface area contributed by atoms with E-state index in [1.165, 1.54) is 36.6 Å². The van der Waals surface area contributed by atoms with Crippen molar-refractivity contribution < 1.29 is 9.34 Å². The summed E-state index contributed by atoms with van der Waals surface area (Å²) >= 11 is 0. The molecule has 1 heterocycles. The van der Waals surface area contributed by atoms with Crippen LogP contribution in [0, 0.1) is 21.4 Å². The van der Waals surface area contributed by atoms with Crippen LogP contribution in [0.2, 0.25) is 0 Å². The third kappa shape index (κ3) is 2.78. The maximum absolute atomic E-state index is 12.5. The Balaban J connectivity index is 2.08. The normalized spacial score (nSPS) is 11.2. The Bertz CT molecular complexity index is 1060. The van der Waals surface area contributed by atoms with Crippen molar-refractivity contribution in [1.29, 1.82) is 5.26 Å². The summed E-state index contributed by atoms with van der Waals surface area (Å²) in [7, 11) is 0. The van der Waals surface area contributed by atoms with Gasteiger partial charge in [-0.1, -0.05) is 12.1 Å². The molecule has 0 spiro atoms. The zero-order valence-corrected chi connectivity index (χ0v) is 12.3. The van der Waals surface area contributed by atoms with Crippen LogP contribution >= 0.6 is 0 Å². The molecule has 0 bridgehead atoms. The molecule has 0 aliphatic rings. The van der Waals surface area contributed by atoms with Crippen molar-refractivity contribution in [1.82, 2.24) is 0 Å². The first-order chi connectivity index (χ1) is 11.6. The van der Waals surface area contributed by atoms with Gasteiger partial charge in [-0.05, 0) is 35.9 Å². The Morgan fingerprint density at radius 1 is 1.17 bits per heavy atom. The zero-order chi connectivity index (χ0) is 17.1. The van der Waals surface area contributed by atoms with Crippen molar-refractivity contribution in [3.05, 3.63) is 86.3 Å². The molecular formula is C18H10N2O4. The van der Waals surface area contributed by atoms with Gasteiger partial charge < -0.3 is 4.42 Å². The zero-order valence-electron chi connectivity index (χ0n) is 12.3. The summed E-state index contributed by atoms with van der Waals surface area (Å²) in [6.45, 7) is 0. The standard InChI is InChI=1S/C18H10N2O4/c19-10-13(12-5-7-15(8-6-12)20(22)23)9-14-11-24-17-4-2-1-3-16(17)18(14)21/h1-9,11H/b13-9+. The van der Waals surface area contributed by atoms with E-state index >= 15 is 0 Å². The Morgan fingerprint density at radius 3 is 2.54 bits per heavy atom. The lowest BCUT2D eigenvalue weighted by Crippen LogP contribution is -2.04. The lowest BCUT2D eigenvalue weighted by Gasteiger charge is -2.01. The molecule has 0 fully saturated rings. The Labute approximate surface area is 136 Å². The van der Waals surface area contributed by atoms with E-state index in [0.29, 0.717) is 16.5 Å². The van der Waals surface area contributed by atoms with Crippen molar-refractivity contribution in [2.24, 2.45) is 0 Å². The molecule has 0 atom stereocenters. The highest BCUT2D eigenvalue weighted by Gasteiger charge is 2.09. The molecule has 0 amide bonds. The molecule has 3 aromatic rings. The molecule has 1 aromatic heterocycles. The molecule has 6 nitrogen and oxygen atoms in total. The van der Waals surface area contributed by atoms with Gasteiger partial charge in [0.05, 0.1) is 27.5 Å². The van der Waals surface area contributed by atoms with E-state index in [9.17, 15) is 20.2 Å². The SMILES string of the molecule is N#C/C(=C\c1coc2ccccc2c1=O)c1ccc([N+](=O)[O-])cc1. The number of benzene rings is 2. The van der Waals surface area contributed by atoms with Gasteiger partial charge in [0.1, 0.15) is 11.8 Å². The molecule has 0 aliphatic heterocycles. The minimum absolute atomic E-state index is 0.0683. The molecule has 0 saturated carbocycles. The maximum atomic E-state index is 12.5. The predicted octanol–water partition coefficient (Wildman–Crippen LogP) is 3.77. The smallest absolute Gasteiger partial charge is 0.269 e. The van der Waals surface area contributed by atoms with E-state index in [1.54, 1.807) is 24.3 Å². The van der Waals surface area contributed by atoms with Gasteiger partial charge in [0.25, 0.3) is 5.69 Å². The Kier molecular flexibility index (Phi) is 3.91. The highest BCUT2D eigenvalue weighted by atomic mass is 16.6. The van der Waals surface area contributed by atoms with Crippen LogP contribution in [-0.2, 0) is 0 Å². The van der Waals surface area contributed by atoms with Crippen LogP contribution in [0.5, 0.6) is 0 Å². The van der Waals surface area contributed by atoms with Gasteiger partial charge in [0.2, 0.25) is 0 Å². The summed E-state index contributed by atoms with van der Waals surface area (Å²) in [6, 6.07) is 14.4. The molecule has 24 heavy (non-hydrogen) atoms. The first-order valence-corrected chi connectivity index (χ1v) is 6.97. The number of nitriles is 1. The van der Waals surface area contributed by atoms with E-state index in [4.69, 9.17) is 4.42 Å². The van der Waals surface area contributed by atoms with Gasteiger partial charge in [0.15, 0.2) is 5.43 Å². The van der Waals surface area contributed by atoms with Crippen LogP contribution in [0.15, 0.2) is 64.0 Å². The number of nitro benzene ring substituents is 1. The number of nitro groups is 1. The highest BCUT2D eigenvalue weighted by molar-refractivity contribution is 5.91. The molecule has 116 valence electrons. The lowest BCUT2D eigenvalue weighted by molar-refractivity contribution is -0.384. The predicted molar refractivity (Wildman–Crippen MR) is 89.1 cm³/mol. The average Bonchev–Trinajstić information content (AvgIpc) is 2.61. The second-order valence-corrected chi connectivity index (χ2v) is 4.99. The molecule has 0 unspecified atom stereocenters. The van der Waals surface area contributed by atoms with Gasteiger partial charge in [0, 0.05) is 12.1 Å². The maximum Gasteiger partial charge on any atom is 0.269 e. The second-order valence-electron chi connectivity index (χ2n) is 4.99. The number of hydrogen-bond acceptors (Lipinski definition) is 5. The number of nitrogens with zero attached hydrogens (tertiary/aromatic N) is 2. The first-order valence-electron chi connectivity index (χ1n) is 6.97. The summed E-state index contributed by atoms with van der Waals surface area (Å²) < 4.78 is 5.41. The van der Waals surface area contributed by atoms with Gasteiger partial charge >= 0.3 is 0 Å². The van der Waals surface area contributed by atoms with Crippen molar-refractivity contribution in [3.8, 4) is 6.07 Å². The third-order valence-corrected chi connectivity index (χ3v) is 3.52. The fraction of sp³-hybridized carbons (Fsp3) is 0. The monoisotopic (exact) mass is 318 g/mol. The van der Waals surface area contributed by atoms with Crippen LogP contribution in [-0.4, -0.2) is 4.92 Å². The molecule has 0 N–H and O–H groups in total. The molecule has 6 heteroatoms. The van der Waals surface area contributed by atoms with Crippen LogP contribution in [0.25, 0.3) is 22.6 Å². The minimum atomic E-state index is -0.516. The van der Waals surface area contributed by atoms with Crippen molar-refractivity contribution in [3.63, 3.8) is 0 Å². The number of para-hydroxylation sites is 1. The number of allylic oxidation sites excluding steroid dienone is 1. The van der Waals surface area contributed by atoms with Crippen LogP contribution in [0.4, 0.5) is 5.69 Å². The minimum Gasteiger partial charge on any atom is -0.463 e. The quantitative estimate of drug-likeness (QED) is 0.416. The fourth-order valence-corrected chi connectivity index (χ4v) is 2.29. The average molecular weight is 318 g/mol. The first kappa shape index (κ1) is 15.2. The molecule has 0 aliphatic carbocycles. The Hall–Kier alpha value is -3.72. The topological polar surface area (TPSA) is 97.1 Å². The molecule has 3 rings (SSSR count). The number of rotatable bonds is 3. The van der Waals surface area contributed by atoms with Crippen LogP contribution in [0.1, 0.15) is 11.1 Å². The highest BCUT2D eigenvalue weighted by Crippen LogP contribution is 2.21. The molecular weight excluding hydrogens is 308 g/mol. The van der Waals surface area contributed by atoms with Crippen molar-refractivity contribution >= 4 is 28.3 Å². The van der Waals surface area contributed by atoms with E-state index in [2.05, 4.69) is 0 Å². The second kappa shape index (κ2) is 6.18. The van der Waals surface area contributed by atoms with Crippen molar-refractivity contribution in [2.75, 3.05) is 0 Å². The summed E-state index contributed by atoms with van der Waals surface area (Å²) in [5.74, 6) is 0. The van der Waals surface area contributed by atoms with Gasteiger partial charge in [-0.25, -0.2) is 0 Å². The van der Waals surface area contributed by atoms with Gasteiger partial charge in [-0.15, -0.1) is 0 Å². The fourth-order valence-electron chi connectivity index (χ4n) is 2.29. The molecule has 0 radical (unpaired) electrons. The molecule has 2 aromatic carbocycles. The van der Waals surface area contributed by atoms with E-state index in [1.807, 2.05) is 6.07 Å². The van der Waals surface area contributed by atoms with E-state index in [0.717, 1.165) is 0 Å². The van der Waals surface area contributed by atoms with Crippen LogP contribution < -0.4 is 5.43 Å². The summed E-state index contributed by atoms with van der Waals surface area (Å²) in [6.07, 6.45) is 2.72. The third-order valence-electron chi connectivity index (χ3n) is 3.52. The number of non-ortho nitro benzene ring substituents is 1. The summed E-state index contributed by atoms with van der Waals surface area (Å²) in [4.78, 5) is 22.6. The summed E-state index contributed by atoms with van der Waals surface area (Å²) in [5, 5.41) is 20.4. The summed E-state index contributed by atoms with van der Waals surface area (Å²) in [5.41, 5.74) is 1.09.